The molecule has 2 aromatic rings. The molecule has 2 rings (SSSR count). The standard InChI is InChI=1S/C17H23ClN4O2S/c1-4-13(5-2)19-16(23)11-25-17-21-20-15(22(17)3)10-24-14-8-6-12(18)7-9-14/h6-9,13H,4-5,10-11H2,1-3H3,(H,19,23). The summed E-state index contributed by atoms with van der Waals surface area (Å²) in [5, 5.41) is 12.6. The monoisotopic (exact) mass is 382 g/mol. The lowest BCUT2D eigenvalue weighted by atomic mass is 10.2. The third-order valence-corrected chi connectivity index (χ3v) is 5.06. The second-order valence-electron chi connectivity index (χ2n) is 5.57. The molecule has 1 N–H and O–H groups in total. The maximum absolute atomic E-state index is 12.0. The molecule has 1 heterocycles. The predicted molar refractivity (Wildman–Crippen MR) is 100 cm³/mol. The molecule has 6 nitrogen and oxygen atoms in total. The van der Waals surface area contributed by atoms with Crippen LogP contribution < -0.4 is 10.1 Å². The van der Waals surface area contributed by atoms with Crippen LogP contribution in [0, 0.1) is 0 Å². The van der Waals surface area contributed by atoms with Crippen LogP contribution in [-0.2, 0) is 18.4 Å². The zero-order valence-electron chi connectivity index (χ0n) is 14.7. The summed E-state index contributed by atoms with van der Waals surface area (Å²) >= 11 is 7.22. The number of ether oxygens (including phenoxy) is 1. The van der Waals surface area contributed by atoms with Crippen LogP contribution in [0.5, 0.6) is 5.75 Å². The van der Waals surface area contributed by atoms with Gasteiger partial charge in [-0.25, -0.2) is 0 Å². The molecule has 0 aliphatic heterocycles. The summed E-state index contributed by atoms with van der Waals surface area (Å²) in [4.78, 5) is 12.0. The lowest BCUT2D eigenvalue weighted by Crippen LogP contribution is -2.35. The van der Waals surface area contributed by atoms with E-state index in [1.165, 1.54) is 11.8 Å². The van der Waals surface area contributed by atoms with E-state index in [0.29, 0.717) is 34.1 Å². The number of amides is 1. The minimum absolute atomic E-state index is 0.0145. The fourth-order valence-electron chi connectivity index (χ4n) is 2.17. The number of halogens is 1. The summed E-state index contributed by atoms with van der Waals surface area (Å²) < 4.78 is 7.52. The van der Waals surface area contributed by atoms with Crippen LogP contribution in [0.4, 0.5) is 0 Å². The van der Waals surface area contributed by atoms with Gasteiger partial charge in [0.05, 0.1) is 5.75 Å². The van der Waals surface area contributed by atoms with Crippen molar-refractivity contribution >= 4 is 29.3 Å². The lowest BCUT2D eigenvalue weighted by molar-refractivity contribution is -0.119. The van der Waals surface area contributed by atoms with Crippen molar-refractivity contribution in [3.8, 4) is 5.75 Å². The predicted octanol–water partition coefficient (Wildman–Crippen LogP) is 3.44. The SMILES string of the molecule is CCC(CC)NC(=O)CSc1nnc(COc2ccc(Cl)cc2)n1C. The number of carbonyl (C=O) groups is 1. The van der Waals surface area contributed by atoms with E-state index in [2.05, 4.69) is 29.4 Å². The lowest BCUT2D eigenvalue weighted by Gasteiger charge is -2.14. The molecule has 0 aliphatic carbocycles. The normalized spacial score (nSPS) is 10.9. The van der Waals surface area contributed by atoms with Crippen molar-refractivity contribution in [2.75, 3.05) is 5.75 Å². The molecule has 0 aliphatic rings. The Morgan fingerprint density at radius 1 is 1.28 bits per heavy atom. The Morgan fingerprint density at radius 3 is 2.60 bits per heavy atom. The second-order valence-corrected chi connectivity index (χ2v) is 6.95. The average Bonchev–Trinajstić information content (AvgIpc) is 2.97. The maximum atomic E-state index is 12.0. The molecule has 8 heteroatoms. The molecular formula is C17H23ClN4O2S. The fourth-order valence-corrected chi connectivity index (χ4v) is 3.03. The molecule has 25 heavy (non-hydrogen) atoms. The number of benzene rings is 1. The van der Waals surface area contributed by atoms with Crippen LogP contribution >= 0.6 is 23.4 Å². The molecular weight excluding hydrogens is 360 g/mol. The molecule has 1 aromatic carbocycles. The van der Waals surface area contributed by atoms with Crippen molar-refractivity contribution < 1.29 is 9.53 Å². The molecule has 1 aromatic heterocycles. The number of hydrogen-bond donors (Lipinski definition) is 1. The third kappa shape index (κ3) is 5.93. The van der Waals surface area contributed by atoms with Crippen molar-refractivity contribution in [3.05, 3.63) is 35.1 Å². The number of rotatable bonds is 9. The van der Waals surface area contributed by atoms with Crippen LogP contribution in [0.3, 0.4) is 0 Å². The summed E-state index contributed by atoms with van der Waals surface area (Å²) in [6.45, 7) is 4.43. The summed E-state index contributed by atoms with van der Waals surface area (Å²) in [5.41, 5.74) is 0. The summed E-state index contributed by atoms with van der Waals surface area (Å²) in [6.07, 6.45) is 1.87. The summed E-state index contributed by atoms with van der Waals surface area (Å²) in [5.74, 6) is 1.74. The molecule has 0 saturated heterocycles. The Kier molecular flexibility index (Phi) is 7.58. The summed E-state index contributed by atoms with van der Waals surface area (Å²) in [6, 6.07) is 7.38. The van der Waals surface area contributed by atoms with Gasteiger partial charge in [0.1, 0.15) is 12.4 Å². The Labute approximate surface area is 157 Å². The first-order chi connectivity index (χ1) is 12.0. The number of aromatic nitrogens is 3. The first-order valence-electron chi connectivity index (χ1n) is 8.22. The number of nitrogens with zero attached hydrogens (tertiary/aromatic N) is 3. The highest BCUT2D eigenvalue weighted by Crippen LogP contribution is 2.19. The van der Waals surface area contributed by atoms with E-state index in [-0.39, 0.29) is 11.9 Å². The number of carbonyl (C=O) groups excluding carboxylic acids is 1. The highest BCUT2D eigenvalue weighted by Gasteiger charge is 2.13. The van der Waals surface area contributed by atoms with E-state index in [1.54, 1.807) is 24.3 Å². The van der Waals surface area contributed by atoms with Crippen molar-refractivity contribution in [1.82, 2.24) is 20.1 Å². The van der Waals surface area contributed by atoms with E-state index in [0.717, 1.165) is 12.8 Å². The molecule has 0 bridgehead atoms. The molecule has 0 fully saturated rings. The van der Waals surface area contributed by atoms with Crippen molar-refractivity contribution in [2.45, 2.75) is 44.5 Å². The van der Waals surface area contributed by atoms with E-state index in [9.17, 15) is 4.79 Å². The molecule has 136 valence electrons. The van der Waals surface area contributed by atoms with Gasteiger partial charge in [-0.2, -0.15) is 0 Å². The Bertz CT molecular complexity index is 686. The van der Waals surface area contributed by atoms with E-state index in [4.69, 9.17) is 16.3 Å². The van der Waals surface area contributed by atoms with Crippen LogP contribution in [0.25, 0.3) is 0 Å². The van der Waals surface area contributed by atoms with Crippen LogP contribution in [0.15, 0.2) is 29.4 Å². The van der Waals surface area contributed by atoms with E-state index >= 15 is 0 Å². The number of thioether (sulfide) groups is 1. The minimum Gasteiger partial charge on any atom is -0.486 e. The van der Waals surface area contributed by atoms with Gasteiger partial charge in [-0.3, -0.25) is 4.79 Å². The quantitative estimate of drug-likeness (QED) is 0.673. The maximum Gasteiger partial charge on any atom is 0.230 e. The Morgan fingerprint density at radius 2 is 1.96 bits per heavy atom. The van der Waals surface area contributed by atoms with Crippen LogP contribution in [0.2, 0.25) is 5.02 Å². The second kappa shape index (κ2) is 9.68. The smallest absolute Gasteiger partial charge is 0.230 e. The summed E-state index contributed by atoms with van der Waals surface area (Å²) in [7, 11) is 1.86. The minimum atomic E-state index is 0.0145. The van der Waals surface area contributed by atoms with Gasteiger partial charge < -0.3 is 14.6 Å². The third-order valence-electron chi connectivity index (χ3n) is 3.79. The van der Waals surface area contributed by atoms with E-state index < -0.39 is 0 Å². The van der Waals surface area contributed by atoms with Gasteiger partial charge in [-0.1, -0.05) is 37.2 Å². The van der Waals surface area contributed by atoms with Crippen LogP contribution in [-0.4, -0.2) is 32.5 Å². The zero-order chi connectivity index (χ0) is 18.2. The van der Waals surface area contributed by atoms with Crippen LogP contribution in [0.1, 0.15) is 32.5 Å². The molecule has 0 spiro atoms. The topological polar surface area (TPSA) is 69.0 Å². The largest absolute Gasteiger partial charge is 0.486 e. The van der Waals surface area contributed by atoms with Crippen molar-refractivity contribution in [1.29, 1.82) is 0 Å². The van der Waals surface area contributed by atoms with Crippen molar-refractivity contribution in [3.63, 3.8) is 0 Å². The van der Waals surface area contributed by atoms with Gasteiger partial charge in [0.15, 0.2) is 11.0 Å². The van der Waals surface area contributed by atoms with Gasteiger partial charge in [0, 0.05) is 18.1 Å². The van der Waals surface area contributed by atoms with Gasteiger partial charge >= 0.3 is 0 Å². The van der Waals surface area contributed by atoms with E-state index in [1.807, 2.05) is 11.6 Å². The Hall–Kier alpha value is -1.73. The first-order valence-corrected chi connectivity index (χ1v) is 9.58. The first kappa shape index (κ1) is 19.6. The highest BCUT2D eigenvalue weighted by molar-refractivity contribution is 7.99. The molecule has 0 atom stereocenters. The number of hydrogen-bond acceptors (Lipinski definition) is 5. The zero-order valence-corrected chi connectivity index (χ0v) is 16.2. The van der Waals surface area contributed by atoms with Crippen molar-refractivity contribution in [2.24, 2.45) is 7.05 Å². The van der Waals surface area contributed by atoms with Gasteiger partial charge in [0.25, 0.3) is 0 Å². The molecule has 0 unspecified atom stereocenters. The average molecular weight is 383 g/mol. The number of nitrogens with one attached hydrogen (secondary N) is 1. The molecule has 0 radical (unpaired) electrons. The van der Waals surface area contributed by atoms with Gasteiger partial charge in [0.2, 0.25) is 5.91 Å². The van der Waals surface area contributed by atoms with Gasteiger partial charge in [-0.05, 0) is 37.1 Å². The Balaban J connectivity index is 1.85. The fraction of sp³-hybridized carbons (Fsp3) is 0.471. The molecule has 0 saturated carbocycles. The molecule has 1 amide bonds. The highest BCUT2D eigenvalue weighted by atomic mass is 35.5. The van der Waals surface area contributed by atoms with Gasteiger partial charge in [-0.15, -0.1) is 10.2 Å².